The molecule has 148 valence electrons. The van der Waals surface area contributed by atoms with Crippen molar-refractivity contribution in [3.05, 3.63) is 99.5 Å². The lowest BCUT2D eigenvalue weighted by Crippen LogP contribution is -2.15. The summed E-state index contributed by atoms with van der Waals surface area (Å²) in [5.41, 5.74) is 2.88. The summed E-state index contributed by atoms with van der Waals surface area (Å²) in [6.07, 6.45) is 0. The highest BCUT2D eigenvalue weighted by molar-refractivity contribution is 9.10. The summed E-state index contributed by atoms with van der Waals surface area (Å²) in [5.74, 6) is -0.874. The molecule has 0 aliphatic heterocycles. The molecule has 1 heterocycles. The first-order chi connectivity index (χ1) is 14.5. The molecule has 0 atom stereocenters. The number of fused-ring (bicyclic) bond motifs is 1. The number of benzene rings is 3. The van der Waals surface area contributed by atoms with Crippen LogP contribution in [0, 0.1) is 0 Å². The van der Waals surface area contributed by atoms with Gasteiger partial charge in [-0.1, -0.05) is 70.0 Å². The fourth-order valence-corrected chi connectivity index (χ4v) is 3.49. The largest absolute Gasteiger partial charge is 0.454 e. The smallest absolute Gasteiger partial charge is 0.339 e. The molecular weight excluding hydrogens is 466 g/mol. The highest BCUT2D eigenvalue weighted by Crippen LogP contribution is 2.28. The van der Waals surface area contributed by atoms with E-state index < -0.39 is 5.97 Å². The number of pyridine rings is 1. The van der Waals surface area contributed by atoms with E-state index >= 15 is 0 Å². The highest BCUT2D eigenvalue weighted by Gasteiger charge is 2.17. The lowest BCUT2D eigenvalue weighted by Gasteiger charge is -2.10. The molecule has 0 aliphatic carbocycles. The van der Waals surface area contributed by atoms with Crippen molar-refractivity contribution in [3.8, 4) is 11.3 Å². The zero-order valence-electron chi connectivity index (χ0n) is 15.6. The number of esters is 1. The summed E-state index contributed by atoms with van der Waals surface area (Å²) in [7, 11) is 0. The number of nitrogens with zero attached hydrogens (tertiary/aromatic N) is 1. The van der Waals surface area contributed by atoms with Gasteiger partial charge in [0.2, 0.25) is 0 Å². The Bertz CT molecular complexity index is 1240. The number of ether oxygens (including phenoxy) is 1. The highest BCUT2D eigenvalue weighted by atomic mass is 79.9. The first kappa shape index (κ1) is 20.3. The van der Waals surface area contributed by atoms with Crippen LogP contribution in [0.15, 0.2) is 83.3 Å². The van der Waals surface area contributed by atoms with Crippen LogP contribution < -0.4 is 0 Å². The number of aromatic nitrogens is 1. The first-order valence-corrected chi connectivity index (χ1v) is 10.3. The summed E-state index contributed by atoms with van der Waals surface area (Å²) >= 11 is 9.55. The molecule has 4 rings (SSSR count). The second-order valence-electron chi connectivity index (χ2n) is 6.59. The molecule has 0 aliphatic rings. The van der Waals surface area contributed by atoms with Crippen LogP contribution in [-0.4, -0.2) is 23.3 Å². The van der Waals surface area contributed by atoms with Crippen molar-refractivity contribution >= 4 is 50.2 Å². The van der Waals surface area contributed by atoms with E-state index in [9.17, 15) is 9.59 Å². The summed E-state index contributed by atoms with van der Waals surface area (Å²) < 4.78 is 6.28. The van der Waals surface area contributed by atoms with Gasteiger partial charge in [-0.2, -0.15) is 0 Å². The molecular formula is C24H15BrClNO3. The van der Waals surface area contributed by atoms with Crippen LogP contribution in [0.1, 0.15) is 20.7 Å². The van der Waals surface area contributed by atoms with E-state index in [-0.39, 0.29) is 12.4 Å². The van der Waals surface area contributed by atoms with Crippen molar-refractivity contribution in [2.75, 3.05) is 6.61 Å². The van der Waals surface area contributed by atoms with E-state index in [1.807, 2.05) is 30.3 Å². The molecule has 1 aromatic heterocycles. The van der Waals surface area contributed by atoms with Gasteiger partial charge in [-0.15, -0.1) is 0 Å². The van der Waals surface area contributed by atoms with Crippen LogP contribution in [0.3, 0.4) is 0 Å². The summed E-state index contributed by atoms with van der Waals surface area (Å²) in [6, 6.07) is 23.1. The van der Waals surface area contributed by atoms with Gasteiger partial charge in [0.1, 0.15) is 0 Å². The van der Waals surface area contributed by atoms with Crippen LogP contribution in [0.2, 0.25) is 5.02 Å². The fraction of sp³-hybridized carbons (Fsp3) is 0.0417. The minimum Gasteiger partial charge on any atom is -0.454 e. The predicted octanol–water partition coefficient (Wildman–Crippen LogP) is 6.36. The number of Topliss-reactive ketones (excluding diaryl/α,β-unsaturated/α-hetero) is 1. The van der Waals surface area contributed by atoms with Crippen LogP contribution >= 0.6 is 27.5 Å². The third-order valence-corrected chi connectivity index (χ3v) is 5.32. The number of hydrogen-bond donors (Lipinski definition) is 0. The molecule has 0 unspecified atom stereocenters. The predicted molar refractivity (Wildman–Crippen MR) is 121 cm³/mol. The van der Waals surface area contributed by atoms with Gasteiger partial charge in [-0.3, -0.25) is 4.79 Å². The zero-order valence-corrected chi connectivity index (χ0v) is 18.0. The number of hydrogen-bond acceptors (Lipinski definition) is 4. The van der Waals surface area contributed by atoms with E-state index in [0.29, 0.717) is 32.7 Å². The molecule has 0 saturated carbocycles. The Morgan fingerprint density at radius 2 is 1.67 bits per heavy atom. The molecule has 0 amide bonds. The normalized spacial score (nSPS) is 10.7. The Hall–Kier alpha value is -3.02. The summed E-state index contributed by atoms with van der Waals surface area (Å²) in [5, 5.41) is 1.05. The Morgan fingerprint density at radius 3 is 2.40 bits per heavy atom. The molecule has 6 heteroatoms. The van der Waals surface area contributed by atoms with Crippen molar-refractivity contribution in [1.82, 2.24) is 4.98 Å². The molecule has 0 saturated heterocycles. The number of carbonyl (C=O) groups is 2. The van der Waals surface area contributed by atoms with Gasteiger partial charge >= 0.3 is 5.97 Å². The Morgan fingerprint density at radius 1 is 0.933 bits per heavy atom. The van der Waals surface area contributed by atoms with Crippen LogP contribution in [-0.2, 0) is 4.74 Å². The minimum atomic E-state index is -0.604. The average molecular weight is 481 g/mol. The molecule has 0 spiro atoms. The number of carbonyl (C=O) groups excluding carboxylic acids is 2. The van der Waals surface area contributed by atoms with Gasteiger partial charge in [0.25, 0.3) is 0 Å². The van der Waals surface area contributed by atoms with Gasteiger partial charge in [0.15, 0.2) is 12.4 Å². The van der Waals surface area contributed by atoms with Gasteiger partial charge in [0.05, 0.1) is 16.8 Å². The Labute approximate surface area is 186 Å². The Balaban J connectivity index is 1.69. The standard InChI is InChI=1S/C24H15BrClNO3/c25-17-8-6-15(7-9-17)22-13-20(19-12-18(26)10-11-21(19)27-22)24(29)30-14-23(28)16-4-2-1-3-5-16/h1-13H,14H2. The van der Waals surface area contributed by atoms with Crippen molar-refractivity contribution in [1.29, 1.82) is 0 Å². The molecule has 0 bridgehead atoms. The Kier molecular flexibility index (Phi) is 5.93. The fourth-order valence-electron chi connectivity index (χ4n) is 3.05. The van der Waals surface area contributed by atoms with Crippen molar-refractivity contribution in [2.45, 2.75) is 0 Å². The molecule has 0 radical (unpaired) electrons. The van der Waals surface area contributed by atoms with Crippen LogP contribution in [0.5, 0.6) is 0 Å². The van der Waals surface area contributed by atoms with Crippen molar-refractivity contribution in [2.24, 2.45) is 0 Å². The van der Waals surface area contributed by atoms with E-state index in [4.69, 9.17) is 16.3 Å². The van der Waals surface area contributed by atoms with Crippen molar-refractivity contribution in [3.63, 3.8) is 0 Å². The van der Waals surface area contributed by atoms with Gasteiger partial charge in [0, 0.05) is 26.0 Å². The maximum absolute atomic E-state index is 12.9. The van der Waals surface area contributed by atoms with Crippen LogP contribution in [0.25, 0.3) is 22.2 Å². The topological polar surface area (TPSA) is 56.3 Å². The SMILES string of the molecule is O=C(COC(=O)c1cc(-c2ccc(Br)cc2)nc2ccc(Cl)cc12)c1ccccc1. The van der Waals surface area contributed by atoms with E-state index in [0.717, 1.165) is 10.0 Å². The molecule has 0 fully saturated rings. The molecule has 0 N–H and O–H groups in total. The average Bonchev–Trinajstić information content (AvgIpc) is 2.77. The van der Waals surface area contributed by atoms with Gasteiger partial charge in [-0.25, -0.2) is 9.78 Å². The maximum atomic E-state index is 12.9. The number of rotatable bonds is 5. The number of halogens is 2. The van der Waals surface area contributed by atoms with Crippen LogP contribution in [0.4, 0.5) is 0 Å². The third-order valence-electron chi connectivity index (χ3n) is 4.56. The molecule has 4 aromatic rings. The molecule has 4 nitrogen and oxygen atoms in total. The van der Waals surface area contributed by atoms with E-state index in [2.05, 4.69) is 20.9 Å². The molecule has 3 aromatic carbocycles. The quantitative estimate of drug-likeness (QED) is 0.246. The second kappa shape index (κ2) is 8.78. The lowest BCUT2D eigenvalue weighted by atomic mass is 10.0. The summed E-state index contributed by atoms with van der Waals surface area (Å²) in [6.45, 7) is -0.346. The summed E-state index contributed by atoms with van der Waals surface area (Å²) in [4.78, 5) is 29.8. The van der Waals surface area contributed by atoms with Gasteiger partial charge < -0.3 is 4.74 Å². The van der Waals surface area contributed by atoms with E-state index in [1.165, 1.54) is 0 Å². The second-order valence-corrected chi connectivity index (χ2v) is 7.94. The van der Waals surface area contributed by atoms with Gasteiger partial charge in [-0.05, 0) is 36.4 Å². The molecule has 30 heavy (non-hydrogen) atoms. The van der Waals surface area contributed by atoms with Crippen molar-refractivity contribution < 1.29 is 14.3 Å². The monoisotopic (exact) mass is 479 g/mol. The minimum absolute atomic E-state index is 0.270. The zero-order chi connectivity index (χ0) is 21.1. The maximum Gasteiger partial charge on any atom is 0.339 e. The first-order valence-electron chi connectivity index (χ1n) is 9.13. The lowest BCUT2D eigenvalue weighted by molar-refractivity contribution is 0.0476. The number of ketones is 1. The van der Waals surface area contributed by atoms with E-state index in [1.54, 1.807) is 48.5 Å². The third kappa shape index (κ3) is 4.42.